The zero-order valence-electron chi connectivity index (χ0n) is 9.54. The highest BCUT2D eigenvalue weighted by Gasteiger charge is 2.06. The molecule has 0 unspecified atom stereocenters. The lowest BCUT2D eigenvalue weighted by atomic mass is 10.1. The maximum absolute atomic E-state index is 5.80. The van der Waals surface area contributed by atoms with Crippen LogP contribution in [0.15, 0.2) is 22.7 Å². The molecule has 0 atom stereocenters. The van der Waals surface area contributed by atoms with E-state index in [0.717, 1.165) is 34.8 Å². The van der Waals surface area contributed by atoms with E-state index in [4.69, 9.17) is 10.5 Å². The minimum atomic E-state index is 0.649. The second-order valence-electron chi connectivity index (χ2n) is 3.31. The number of halogens is 1. The van der Waals surface area contributed by atoms with Crippen molar-refractivity contribution in [2.24, 2.45) is 5.73 Å². The van der Waals surface area contributed by atoms with Crippen LogP contribution in [0.4, 0.5) is 0 Å². The van der Waals surface area contributed by atoms with Gasteiger partial charge in [-0.05, 0) is 46.3 Å². The summed E-state index contributed by atoms with van der Waals surface area (Å²) in [6.45, 7) is 3.55. The SMILES string of the molecule is CCSCCOc1c(Br)cccc1CCN. The van der Waals surface area contributed by atoms with Gasteiger partial charge in [0, 0.05) is 5.75 Å². The van der Waals surface area contributed by atoms with E-state index in [1.807, 2.05) is 23.9 Å². The van der Waals surface area contributed by atoms with E-state index in [1.54, 1.807) is 0 Å². The summed E-state index contributed by atoms with van der Waals surface area (Å²) in [7, 11) is 0. The average Bonchev–Trinajstić information content (AvgIpc) is 2.28. The fraction of sp³-hybridized carbons (Fsp3) is 0.500. The molecule has 0 saturated heterocycles. The first-order valence-corrected chi connectivity index (χ1v) is 7.42. The van der Waals surface area contributed by atoms with E-state index in [0.29, 0.717) is 6.54 Å². The van der Waals surface area contributed by atoms with Gasteiger partial charge in [0.1, 0.15) is 5.75 Å². The number of thioether (sulfide) groups is 1. The third-order valence-corrected chi connectivity index (χ3v) is 3.63. The Hall–Kier alpha value is -0.190. The first-order valence-electron chi connectivity index (χ1n) is 5.47. The van der Waals surface area contributed by atoms with Crippen molar-refractivity contribution >= 4 is 27.7 Å². The van der Waals surface area contributed by atoms with Crippen LogP contribution in [0, 0.1) is 0 Å². The molecule has 0 aliphatic rings. The topological polar surface area (TPSA) is 35.2 Å². The molecular formula is C12H18BrNOS. The highest BCUT2D eigenvalue weighted by Crippen LogP contribution is 2.29. The fourth-order valence-corrected chi connectivity index (χ4v) is 2.43. The van der Waals surface area contributed by atoms with Gasteiger partial charge in [0.15, 0.2) is 0 Å². The van der Waals surface area contributed by atoms with Crippen molar-refractivity contribution < 1.29 is 4.74 Å². The maximum Gasteiger partial charge on any atom is 0.136 e. The summed E-state index contributed by atoms with van der Waals surface area (Å²) < 4.78 is 6.81. The lowest BCUT2D eigenvalue weighted by molar-refractivity contribution is 0.338. The third-order valence-electron chi connectivity index (χ3n) is 2.14. The monoisotopic (exact) mass is 303 g/mol. The normalized spacial score (nSPS) is 10.4. The molecule has 0 saturated carbocycles. The zero-order chi connectivity index (χ0) is 11.8. The molecule has 16 heavy (non-hydrogen) atoms. The molecule has 1 aromatic carbocycles. The van der Waals surface area contributed by atoms with Gasteiger partial charge >= 0.3 is 0 Å². The van der Waals surface area contributed by atoms with Gasteiger partial charge in [-0.1, -0.05) is 19.1 Å². The molecule has 90 valence electrons. The Bertz CT molecular complexity index is 320. The molecular weight excluding hydrogens is 286 g/mol. The summed E-state index contributed by atoms with van der Waals surface area (Å²) in [4.78, 5) is 0. The second kappa shape index (κ2) is 7.98. The molecule has 0 aromatic heterocycles. The van der Waals surface area contributed by atoms with Crippen molar-refractivity contribution in [3.63, 3.8) is 0 Å². The summed E-state index contributed by atoms with van der Waals surface area (Å²) in [6.07, 6.45) is 0.857. The Kier molecular flexibility index (Phi) is 6.92. The van der Waals surface area contributed by atoms with Crippen molar-refractivity contribution in [3.8, 4) is 5.75 Å². The molecule has 0 bridgehead atoms. The van der Waals surface area contributed by atoms with Gasteiger partial charge in [-0.25, -0.2) is 0 Å². The highest BCUT2D eigenvalue weighted by atomic mass is 79.9. The molecule has 0 spiro atoms. The van der Waals surface area contributed by atoms with Crippen LogP contribution in [0.5, 0.6) is 5.75 Å². The summed E-state index contributed by atoms with van der Waals surface area (Å²) in [5.41, 5.74) is 6.76. The van der Waals surface area contributed by atoms with Gasteiger partial charge in [-0.3, -0.25) is 0 Å². The van der Waals surface area contributed by atoms with Crippen LogP contribution in [0.25, 0.3) is 0 Å². The predicted octanol–water partition coefficient (Wildman–Crippen LogP) is 3.08. The molecule has 0 aliphatic carbocycles. The lowest BCUT2D eigenvalue weighted by Gasteiger charge is -2.12. The molecule has 4 heteroatoms. The molecule has 0 heterocycles. The van der Waals surface area contributed by atoms with Crippen molar-refractivity contribution in [2.75, 3.05) is 24.7 Å². The molecule has 2 nitrogen and oxygen atoms in total. The van der Waals surface area contributed by atoms with E-state index < -0.39 is 0 Å². The molecule has 2 N–H and O–H groups in total. The van der Waals surface area contributed by atoms with Crippen LogP contribution >= 0.6 is 27.7 Å². The van der Waals surface area contributed by atoms with Crippen molar-refractivity contribution in [3.05, 3.63) is 28.2 Å². The number of ether oxygens (including phenoxy) is 1. The van der Waals surface area contributed by atoms with E-state index in [1.165, 1.54) is 5.56 Å². The van der Waals surface area contributed by atoms with Gasteiger partial charge in [-0.15, -0.1) is 0 Å². The summed E-state index contributed by atoms with van der Waals surface area (Å²) in [6, 6.07) is 6.09. The number of rotatable bonds is 7. The first-order chi connectivity index (χ1) is 7.79. The number of benzene rings is 1. The highest BCUT2D eigenvalue weighted by molar-refractivity contribution is 9.10. The lowest BCUT2D eigenvalue weighted by Crippen LogP contribution is -2.07. The van der Waals surface area contributed by atoms with Crippen molar-refractivity contribution in [1.29, 1.82) is 0 Å². The van der Waals surface area contributed by atoms with Crippen LogP contribution < -0.4 is 10.5 Å². The number of hydrogen-bond acceptors (Lipinski definition) is 3. The molecule has 1 rings (SSSR count). The van der Waals surface area contributed by atoms with E-state index in [9.17, 15) is 0 Å². The molecule has 1 aromatic rings. The van der Waals surface area contributed by atoms with Crippen molar-refractivity contribution in [2.45, 2.75) is 13.3 Å². The van der Waals surface area contributed by atoms with Crippen LogP contribution in [0.1, 0.15) is 12.5 Å². The Labute approximate surface area is 110 Å². The molecule has 0 fully saturated rings. The number of nitrogens with two attached hydrogens (primary N) is 1. The van der Waals surface area contributed by atoms with E-state index in [2.05, 4.69) is 28.9 Å². The summed E-state index contributed by atoms with van der Waals surface area (Å²) >= 11 is 5.40. The van der Waals surface area contributed by atoms with Crippen molar-refractivity contribution in [1.82, 2.24) is 0 Å². The Morgan fingerprint density at radius 3 is 2.94 bits per heavy atom. The zero-order valence-corrected chi connectivity index (χ0v) is 11.9. The largest absolute Gasteiger partial charge is 0.491 e. The van der Waals surface area contributed by atoms with Crippen LogP contribution in [0.3, 0.4) is 0 Å². The second-order valence-corrected chi connectivity index (χ2v) is 5.56. The third kappa shape index (κ3) is 4.36. The molecule has 0 radical (unpaired) electrons. The first kappa shape index (κ1) is 13.9. The van der Waals surface area contributed by atoms with E-state index in [-0.39, 0.29) is 0 Å². The summed E-state index contributed by atoms with van der Waals surface area (Å²) in [5, 5.41) is 0. The van der Waals surface area contributed by atoms with Crippen LogP contribution in [0.2, 0.25) is 0 Å². The number of para-hydroxylation sites is 1. The standard InChI is InChI=1S/C12H18BrNOS/c1-2-16-9-8-15-12-10(6-7-14)4-3-5-11(12)13/h3-5H,2,6-9,14H2,1H3. The predicted molar refractivity (Wildman–Crippen MR) is 75.4 cm³/mol. The van der Waals surface area contributed by atoms with Gasteiger partial charge in [0.2, 0.25) is 0 Å². The minimum Gasteiger partial charge on any atom is -0.491 e. The fourth-order valence-electron chi connectivity index (χ4n) is 1.41. The maximum atomic E-state index is 5.80. The van der Waals surface area contributed by atoms with E-state index >= 15 is 0 Å². The van der Waals surface area contributed by atoms with Gasteiger partial charge in [-0.2, -0.15) is 11.8 Å². The van der Waals surface area contributed by atoms with Gasteiger partial charge < -0.3 is 10.5 Å². The van der Waals surface area contributed by atoms with Gasteiger partial charge in [0.05, 0.1) is 11.1 Å². The molecule has 0 amide bonds. The smallest absolute Gasteiger partial charge is 0.136 e. The van der Waals surface area contributed by atoms with Crippen LogP contribution in [-0.4, -0.2) is 24.7 Å². The van der Waals surface area contributed by atoms with Crippen LogP contribution in [-0.2, 0) is 6.42 Å². The number of hydrogen-bond donors (Lipinski definition) is 1. The summed E-state index contributed by atoms with van der Waals surface area (Å²) in [5.74, 6) is 3.11. The Morgan fingerprint density at radius 1 is 1.44 bits per heavy atom. The minimum absolute atomic E-state index is 0.649. The van der Waals surface area contributed by atoms with Gasteiger partial charge in [0.25, 0.3) is 0 Å². The Balaban J connectivity index is 2.61. The molecule has 0 aliphatic heterocycles. The Morgan fingerprint density at radius 2 is 2.25 bits per heavy atom. The average molecular weight is 304 g/mol. The quantitative estimate of drug-likeness (QED) is 0.786.